The summed E-state index contributed by atoms with van der Waals surface area (Å²) in [4.78, 5) is 10.2. The molecule has 14 heavy (non-hydrogen) atoms. The molecule has 0 saturated heterocycles. The molecule has 2 heteroatoms. The maximum absolute atomic E-state index is 10.2. The Labute approximate surface area is 86.7 Å². The monoisotopic (exact) mass is 198 g/mol. The quantitative estimate of drug-likeness (QED) is 0.526. The van der Waals surface area contributed by atoms with E-state index in [1.54, 1.807) is 0 Å². The van der Waals surface area contributed by atoms with Gasteiger partial charge in [0, 0.05) is 13.0 Å². The molecule has 0 amide bonds. The first kappa shape index (κ1) is 11.7. The zero-order valence-corrected chi connectivity index (χ0v) is 8.95. The lowest BCUT2D eigenvalue weighted by Gasteiger charge is -2.28. The first-order valence-corrected chi connectivity index (χ1v) is 5.93. The smallest absolute Gasteiger partial charge is 0.119 e. The molecule has 1 rings (SSSR count). The molecule has 0 bridgehead atoms. The Morgan fingerprint density at radius 1 is 1.29 bits per heavy atom. The Kier molecular flexibility index (Phi) is 5.85. The Balaban J connectivity index is 2.24. The zero-order chi connectivity index (χ0) is 10.2. The van der Waals surface area contributed by atoms with Gasteiger partial charge >= 0.3 is 0 Å². The second-order valence-corrected chi connectivity index (χ2v) is 4.44. The number of aliphatic hydroxyl groups excluding tert-OH is 1. The average Bonchev–Trinajstić information content (AvgIpc) is 2.26. The maximum Gasteiger partial charge on any atom is 0.119 e. The summed E-state index contributed by atoms with van der Waals surface area (Å²) < 4.78 is 0. The van der Waals surface area contributed by atoms with Gasteiger partial charge in [0.05, 0.1) is 0 Å². The van der Waals surface area contributed by atoms with Gasteiger partial charge in [-0.15, -0.1) is 0 Å². The maximum atomic E-state index is 10.2. The van der Waals surface area contributed by atoms with Crippen molar-refractivity contribution in [2.45, 2.75) is 51.4 Å². The van der Waals surface area contributed by atoms with E-state index >= 15 is 0 Å². The summed E-state index contributed by atoms with van der Waals surface area (Å²) in [5.41, 5.74) is 0. The van der Waals surface area contributed by atoms with Crippen molar-refractivity contribution in [2.24, 2.45) is 11.8 Å². The Bertz CT molecular complexity index is 150. The van der Waals surface area contributed by atoms with Crippen molar-refractivity contribution in [1.29, 1.82) is 0 Å². The first-order chi connectivity index (χ1) is 6.88. The molecule has 1 atom stereocenters. The van der Waals surface area contributed by atoms with Crippen LogP contribution in [0.2, 0.25) is 0 Å². The molecule has 0 aromatic rings. The van der Waals surface area contributed by atoms with E-state index in [0.29, 0.717) is 18.9 Å². The van der Waals surface area contributed by atoms with Crippen molar-refractivity contribution in [3.8, 4) is 0 Å². The van der Waals surface area contributed by atoms with E-state index in [1.807, 2.05) is 0 Å². The summed E-state index contributed by atoms with van der Waals surface area (Å²) in [6.45, 7) is 0.309. The van der Waals surface area contributed by atoms with E-state index in [9.17, 15) is 9.90 Å². The van der Waals surface area contributed by atoms with Crippen LogP contribution in [0.3, 0.4) is 0 Å². The topological polar surface area (TPSA) is 37.3 Å². The van der Waals surface area contributed by atoms with Crippen LogP contribution in [0, 0.1) is 11.8 Å². The SMILES string of the molecule is O=CCCCC(CO)C1CCCCC1. The first-order valence-electron chi connectivity index (χ1n) is 5.93. The second-order valence-electron chi connectivity index (χ2n) is 4.44. The lowest BCUT2D eigenvalue weighted by molar-refractivity contribution is -0.108. The second kappa shape index (κ2) is 6.99. The van der Waals surface area contributed by atoms with Crippen LogP contribution in [0.15, 0.2) is 0 Å². The Hall–Kier alpha value is -0.370. The number of hydrogen-bond donors (Lipinski definition) is 1. The molecular weight excluding hydrogens is 176 g/mol. The molecule has 0 aliphatic heterocycles. The summed E-state index contributed by atoms with van der Waals surface area (Å²) in [5, 5.41) is 9.29. The van der Waals surface area contributed by atoms with Gasteiger partial charge in [0.2, 0.25) is 0 Å². The molecule has 1 unspecified atom stereocenters. The van der Waals surface area contributed by atoms with Crippen LogP contribution in [0.5, 0.6) is 0 Å². The van der Waals surface area contributed by atoms with Crippen molar-refractivity contribution in [3.63, 3.8) is 0 Å². The highest BCUT2D eigenvalue weighted by Gasteiger charge is 2.22. The van der Waals surface area contributed by atoms with Gasteiger partial charge in [0.15, 0.2) is 0 Å². The van der Waals surface area contributed by atoms with Crippen LogP contribution in [0.1, 0.15) is 51.4 Å². The summed E-state index contributed by atoms with van der Waals surface area (Å²) in [6, 6.07) is 0. The molecule has 1 fully saturated rings. The normalized spacial score (nSPS) is 20.6. The van der Waals surface area contributed by atoms with Gasteiger partial charge < -0.3 is 9.90 Å². The van der Waals surface area contributed by atoms with Gasteiger partial charge in [-0.3, -0.25) is 0 Å². The lowest BCUT2D eigenvalue weighted by atomic mass is 9.78. The molecule has 82 valence electrons. The van der Waals surface area contributed by atoms with Gasteiger partial charge in [-0.05, 0) is 24.7 Å². The predicted molar refractivity (Wildman–Crippen MR) is 57.1 cm³/mol. The van der Waals surface area contributed by atoms with Gasteiger partial charge in [0.1, 0.15) is 6.29 Å². The lowest BCUT2D eigenvalue weighted by Crippen LogP contribution is -2.21. The largest absolute Gasteiger partial charge is 0.396 e. The van der Waals surface area contributed by atoms with Crippen LogP contribution >= 0.6 is 0 Å². The third kappa shape index (κ3) is 3.79. The van der Waals surface area contributed by atoms with Crippen molar-refractivity contribution in [3.05, 3.63) is 0 Å². The number of carbonyl (C=O) groups excluding carboxylic acids is 1. The Morgan fingerprint density at radius 2 is 2.00 bits per heavy atom. The molecule has 1 aliphatic rings. The van der Waals surface area contributed by atoms with Gasteiger partial charge in [0.25, 0.3) is 0 Å². The highest BCUT2D eigenvalue weighted by atomic mass is 16.3. The number of aldehydes is 1. The van der Waals surface area contributed by atoms with Crippen molar-refractivity contribution < 1.29 is 9.90 Å². The van der Waals surface area contributed by atoms with E-state index in [2.05, 4.69) is 0 Å². The summed E-state index contributed by atoms with van der Waals surface area (Å²) in [5.74, 6) is 1.18. The molecular formula is C12H22O2. The van der Waals surface area contributed by atoms with Gasteiger partial charge in [-0.2, -0.15) is 0 Å². The fraction of sp³-hybridized carbons (Fsp3) is 0.917. The van der Waals surface area contributed by atoms with E-state index in [4.69, 9.17) is 0 Å². The van der Waals surface area contributed by atoms with E-state index in [0.717, 1.165) is 25.0 Å². The van der Waals surface area contributed by atoms with Gasteiger partial charge in [-0.1, -0.05) is 32.1 Å². The fourth-order valence-corrected chi connectivity index (χ4v) is 2.55. The highest BCUT2D eigenvalue weighted by Crippen LogP contribution is 2.32. The molecule has 0 aromatic heterocycles. The average molecular weight is 198 g/mol. The third-order valence-electron chi connectivity index (χ3n) is 3.45. The molecule has 2 nitrogen and oxygen atoms in total. The molecule has 0 aromatic carbocycles. The fourth-order valence-electron chi connectivity index (χ4n) is 2.55. The number of carbonyl (C=O) groups is 1. The molecule has 0 spiro atoms. The molecule has 1 N–H and O–H groups in total. The number of rotatable bonds is 6. The van der Waals surface area contributed by atoms with E-state index in [-0.39, 0.29) is 0 Å². The van der Waals surface area contributed by atoms with Crippen LogP contribution in [0.25, 0.3) is 0 Å². The highest BCUT2D eigenvalue weighted by molar-refractivity contribution is 5.48. The van der Waals surface area contributed by atoms with Crippen LogP contribution in [-0.4, -0.2) is 18.0 Å². The van der Waals surface area contributed by atoms with E-state index in [1.165, 1.54) is 32.1 Å². The van der Waals surface area contributed by atoms with Crippen LogP contribution in [0.4, 0.5) is 0 Å². The number of hydrogen-bond acceptors (Lipinski definition) is 2. The minimum Gasteiger partial charge on any atom is -0.396 e. The predicted octanol–water partition coefficient (Wildman–Crippen LogP) is 2.54. The Morgan fingerprint density at radius 3 is 2.57 bits per heavy atom. The molecule has 0 heterocycles. The third-order valence-corrected chi connectivity index (χ3v) is 3.45. The standard InChI is InChI=1S/C12H22O2/c13-9-5-4-8-12(10-14)11-6-2-1-3-7-11/h9,11-12,14H,1-8,10H2. The number of unbranched alkanes of at least 4 members (excludes halogenated alkanes) is 1. The van der Waals surface area contributed by atoms with Crippen LogP contribution < -0.4 is 0 Å². The van der Waals surface area contributed by atoms with Gasteiger partial charge in [-0.25, -0.2) is 0 Å². The molecule has 1 aliphatic carbocycles. The minimum absolute atomic E-state index is 0.309. The van der Waals surface area contributed by atoms with Crippen LogP contribution in [-0.2, 0) is 4.79 Å². The summed E-state index contributed by atoms with van der Waals surface area (Å²) in [7, 11) is 0. The summed E-state index contributed by atoms with van der Waals surface area (Å²) >= 11 is 0. The molecule has 1 saturated carbocycles. The van der Waals surface area contributed by atoms with E-state index < -0.39 is 0 Å². The minimum atomic E-state index is 0.309. The number of aliphatic hydroxyl groups is 1. The van der Waals surface area contributed by atoms with Crippen molar-refractivity contribution in [1.82, 2.24) is 0 Å². The van der Waals surface area contributed by atoms with Crippen molar-refractivity contribution in [2.75, 3.05) is 6.61 Å². The zero-order valence-electron chi connectivity index (χ0n) is 8.95. The molecule has 0 radical (unpaired) electrons. The summed E-state index contributed by atoms with van der Waals surface area (Å²) in [6.07, 6.45) is 10.2. The van der Waals surface area contributed by atoms with Crippen molar-refractivity contribution >= 4 is 6.29 Å².